The predicted octanol–water partition coefficient (Wildman–Crippen LogP) is 5.55. The molecule has 200 valence electrons. The molecule has 1 aromatic rings. The van der Waals surface area contributed by atoms with Gasteiger partial charge in [0.05, 0.1) is 12.9 Å². The summed E-state index contributed by atoms with van der Waals surface area (Å²) in [5.74, 6) is -0.288. The summed E-state index contributed by atoms with van der Waals surface area (Å²) in [6.45, 7) is 12.3. The highest BCUT2D eigenvalue weighted by Gasteiger charge is 2.32. The molecule has 1 amide bonds. The summed E-state index contributed by atoms with van der Waals surface area (Å²) in [5, 5.41) is 11.0. The molecule has 2 unspecified atom stereocenters. The number of benzene rings is 1. The van der Waals surface area contributed by atoms with Crippen LogP contribution < -0.4 is 5.32 Å². The lowest BCUT2D eigenvalue weighted by Crippen LogP contribution is -2.49. The van der Waals surface area contributed by atoms with Crippen molar-refractivity contribution in [3.63, 3.8) is 0 Å². The molecule has 0 bridgehead atoms. The Labute approximate surface area is 216 Å². The van der Waals surface area contributed by atoms with Gasteiger partial charge in [-0.15, -0.1) is 0 Å². The van der Waals surface area contributed by atoms with Gasteiger partial charge in [-0.3, -0.25) is 10.2 Å². The van der Waals surface area contributed by atoms with Gasteiger partial charge in [-0.1, -0.05) is 44.4 Å². The average molecular weight is 501 g/mol. The highest BCUT2D eigenvalue weighted by atomic mass is 16.6. The van der Waals surface area contributed by atoms with E-state index in [2.05, 4.69) is 5.32 Å². The zero-order chi connectivity index (χ0) is 26.7. The van der Waals surface area contributed by atoms with Gasteiger partial charge in [0.15, 0.2) is 0 Å². The molecule has 7 heteroatoms. The van der Waals surface area contributed by atoms with Gasteiger partial charge in [0.2, 0.25) is 11.8 Å². The molecule has 7 nitrogen and oxygen atoms in total. The van der Waals surface area contributed by atoms with Crippen molar-refractivity contribution in [2.45, 2.75) is 85.3 Å². The maximum absolute atomic E-state index is 13.1. The summed E-state index contributed by atoms with van der Waals surface area (Å²) in [5.41, 5.74) is 1.26. The lowest BCUT2D eigenvalue weighted by molar-refractivity contribution is -0.160. The lowest BCUT2D eigenvalue weighted by Gasteiger charge is -2.28. The van der Waals surface area contributed by atoms with E-state index in [1.807, 2.05) is 65.8 Å². The Hall–Kier alpha value is -2.67. The van der Waals surface area contributed by atoms with Crippen molar-refractivity contribution in [1.29, 1.82) is 5.41 Å². The molecule has 2 N–H and O–H groups in total. The van der Waals surface area contributed by atoms with Crippen molar-refractivity contribution in [2.24, 2.45) is 17.8 Å². The number of rotatable bonds is 10. The Morgan fingerprint density at radius 3 is 2.44 bits per heavy atom. The Morgan fingerprint density at radius 2 is 1.81 bits per heavy atom. The van der Waals surface area contributed by atoms with Crippen LogP contribution in [-0.4, -0.2) is 42.6 Å². The van der Waals surface area contributed by atoms with Crippen LogP contribution in [0.5, 0.6) is 0 Å². The number of aryl methyl sites for hydroxylation is 1. The summed E-state index contributed by atoms with van der Waals surface area (Å²) < 4.78 is 16.7. The van der Waals surface area contributed by atoms with E-state index in [0.29, 0.717) is 13.2 Å². The lowest BCUT2D eigenvalue weighted by atomic mass is 9.92. The SMILES string of the molecule is Cc1ccc(C(=N)O/C=C/COCC2CCCCC(C(=O)N[C@H](C(=O)OC(C)(C)C)C(C)C)C2)cc1. The minimum Gasteiger partial charge on any atom is -0.458 e. The van der Waals surface area contributed by atoms with Crippen LogP contribution in [0.2, 0.25) is 0 Å². The molecule has 1 aromatic carbocycles. The van der Waals surface area contributed by atoms with Gasteiger partial charge < -0.3 is 19.5 Å². The molecule has 0 radical (unpaired) electrons. The summed E-state index contributed by atoms with van der Waals surface area (Å²) in [4.78, 5) is 25.7. The minimum absolute atomic E-state index is 0.0600. The van der Waals surface area contributed by atoms with Crippen molar-refractivity contribution in [2.75, 3.05) is 13.2 Å². The van der Waals surface area contributed by atoms with Crippen LogP contribution in [0.15, 0.2) is 36.6 Å². The fourth-order valence-electron chi connectivity index (χ4n) is 4.22. The van der Waals surface area contributed by atoms with E-state index in [4.69, 9.17) is 19.6 Å². The Kier molecular flexibility index (Phi) is 11.6. The number of hydrogen-bond acceptors (Lipinski definition) is 6. The fourth-order valence-corrected chi connectivity index (χ4v) is 4.22. The third-order valence-corrected chi connectivity index (χ3v) is 6.19. The monoisotopic (exact) mass is 500 g/mol. The molecule has 1 fully saturated rings. The van der Waals surface area contributed by atoms with Crippen molar-refractivity contribution in [3.05, 3.63) is 47.7 Å². The predicted molar refractivity (Wildman–Crippen MR) is 142 cm³/mol. The summed E-state index contributed by atoms with van der Waals surface area (Å²) >= 11 is 0. The third-order valence-electron chi connectivity index (χ3n) is 6.19. The molecule has 1 aliphatic carbocycles. The normalized spacial score (nSPS) is 19.5. The molecule has 0 saturated heterocycles. The smallest absolute Gasteiger partial charge is 0.329 e. The van der Waals surface area contributed by atoms with Gasteiger partial charge in [-0.2, -0.15) is 0 Å². The van der Waals surface area contributed by atoms with Crippen LogP contribution >= 0.6 is 0 Å². The van der Waals surface area contributed by atoms with E-state index in [9.17, 15) is 9.59 Å². The maximum atomic E-state index is 13.1. The second-order valence-electron chi connectivity index (χ2n) is 11.1. The van der Waals surface area contributed by atoms with Gasteiger partial charge in [0.25, 0.3) is 0 Å². The van der Waals surface area contributed by atoms with E-state index in [1.165, 1.54) is 6.26 Å². The van der Waals surface area contributed by atoms with Crippen molar-refractivity contribution in [1.82, 2.24) is 5.32 Å². The van der Waals surface area contributed by atoms with Crippen molar-refractivity contribution in [3.8, 4) is 0 Å². The molecule has 0 heterocycles. The quantitative estimate of drug-likeness (QED) is 0.110. The van der Waals surface area contributed by atoms with Gasteiger partial charge in [-0.25, -0.2) is 4.79 Å². The van der Waals surface area contributed by atoms with Gasteiger partial charge in [0, 0.05) is 18.1 Å². The number of hydrogen-bond donors (Lipinski definition) is 2. The molecule has 2 rings (SSSR count). The van der Waals surface area contributed by atoms with E-state index in [0.717, 1.165) is 43.2 Å². The van der Waals surface area contributed by atoms with Crippen LogP contribution in [0.3, 0.4) is 0 Å². The first-order valence-corrected chi connectivity index (χ1v) is 13.0. The second-order valence-corrected chi connectivity index (χ2v) is 11.1. The van der Waals surface area contributed by atoms with E-state index < -0.39 is 11.6 Å². The zero-order valence-electron chi connectivity index (χ0n) is 22.8. The number of carbonyl (C=O) groups is 2. The molecule has 1 saturated carbocycles. The van der Waals surface area contributed by atoms with Crippen LogP contribution in [0.1, 0.15) is 77.8 Å². The summed E-state index contributed by atoms with van der Waals surface area (Å²) in [6, 6.07) is 6.95. The standard InChI is InChI=1S/C29H44N2O5/c1-20(2)25(28(33)36-29(4,5)6)31-27(32)24-11-8-7-10-22(18-24)19-34-16-9-17-35-26(30)23-14-12-21(3)13-15-23/h9,12-15,17,20,22,24-25,30H,7-8,10-11,16,18-19H2,1-6H3,(H,31,32)/b17-9+,30-26?/t22?,24?,25-/m0/s1. The zero-order valence-corrected chi connectivity index (χ0v) is 22.8. The number of esters is 1. The highest BCUT2D eigenvalue weighted by Crippen LogP contribution is 2.28. The number of carbonyl (C=O) groups excluding carboxylic acids is 2. The minimum atomic E-state index is -0.654. The number of ether oxygens (including phenoxy) is 3. The summed E-state index contributed by atoms with van der Waals surface area (Å²) in [6.07, 6.45) is 7.85. The van der Waals surface area contributed by atoms with Crippen molar-refractivity contribution >= 4 is 17.8 Å². The van der Waals surface area contributed by atoms with E-state index >= 15 is 0 Å². The van der Waals surface area contributed by atoms with Crippen molar-refractivity contribution < 1.29 is 23.8 Å². The highest BCUT2D eigenvalue weighted by molar-refractivity contribution is 5.92. The second kappa shape index (κ2) is 14.2. The Bertz CT molecular complexity index is 886. The first-order valence-electron chi connectivity index (χ1n) is 13.0. The van der Waals surface area contributed by atoms with E-state index in [-0.39, 0.29) is 35.5 Å². The van der Waals surface area contributed by atoms with Crippen LogP contribution in [0, 0.1) is 30.1 Å². The fraction of sp³-hybridized carbons (Fsp3) is 0.621. The Balaban J connectivity index is 1.80. The largest absolute Gasteiger partial charge is 0.458 e. The first kappa shape index (κ1) is 29.6. The number of nitrogens with one attached hydrogen (secondary N) is 2. The molecule has 36 heavy (non-hydrogen) atoms. The van der Waals surface area contributed by atoms with Crippen LogP contribution in [0.25, 0.3) is 0 Å². The summed E-state index contributed by atoms with van der Waals surface area (Å²) in [7, 11) is 0. The third kappa shape index (κ3) is 10.5. The average Bonchev–Trinajstić information content (AvgIpc) is 3.04. The van der Waals surface area contributed by atoms with Gasteiger partial charge >= 0.3 is 5.97 Å². The van der Waals surface area contributed by atoms with Gasteiger partial charge in [-0.05, 0) is 77.0 Å². The van der Waals surface area contributed by atoms with Crippen LogP contribution in [0.4, 0.5) is 0 Å². The van der Waals surface area contributed by atoms with Crippen LogP contribution in [-0.2, 0) is 23.8 Å². The molecule has 3 atom stereocenters. The molecular weight excluding hydrogens is 456 g/mol. The molecule has 0 aromatic heterocycles. The maximum Gasteiger partial charge on any atom is 0.329 e. The number of amides is 1. The molecule has 1 aliphatic rings. The topological polar surface area (TPSA) is 97.7 Å². The Morgan fingerprint density at radius 1 is 1.14 bits per heavy atom. The van der Waals surface area contributed by atoms with E-state index in [1.54, 1.807) is 6.08 Å². The first-order chi connectivity index (χ1) is 17.0. The van der Waals surface area contributed by atoms with Gasteiger partial charge in [0.1, 0.15) is 11.6 Å². The molecule has 0 spiro atoms. The molecule has 0 aliphatic heterocycles. The molecular formula is C29H44N2O5.